The summed E-state index contributed by atoms with van der Waals surface area (Å²) in [5, 5.41) is 5.23. The van der Waals surface area contributed by atoms with Crippen LogP contribution in [0.5, 0.6) is 0 Å². The second-order valence-electron chi connectivity index (χ2n) is 6.26. The highest BCUT2D eigenvalue weighted by atomic mass is 35.5. The quantitative estimate of drug-likeness (QED) is 0.657. The number of benzene rings is 2. The molecule has 2 aromatic carbocycles. The van der Waals surface area contributed by atoms with Crippen LogP contribution in [0.4, 0.5) is 5.69 Å². The molecule has 0 spiro atoms. The first kappa shape index (κ1) is 14.2. The number of hydrogen-bond donors (Lipinski definition) is 0. The van der Waals surface area contributed by atoms with Gasteiger partial charge in [0, 0.05) is 22.2 Å². The van der Waals surface area contributed by atoms with E-state index in [2.05, 4.69) is 18.9 Å². The Morgan fingerprint density at radius 3 is 2.61 bits per heavy atom. The molecule has 0 radical (unpaired) electrons. The molecule has 2 heterocycles. The number of nitrogens with zero attached hydrogens (tertiary/aromatic N) is 3. The van der Waals surface area contributed by atoms with Crippen LogP contribution in [0.1, 0.15) is 25.0 Å². The van der Waals surface area contributed by atoms with Gasteiger partial charge in [-0.05, 0) is 35.9 Å². The Kier molecular flexibility index (Phi) is 3.13. The lowest BCUT2D eigenvalue weighted by atomic mass is 9.80. The van der Waals surface area contributed by atoms with Gasteiger partial charge in [-0.25, -0.2) is 4.68 Å². The van der Waals surface area contributed by atoms with Crippen molar-refractivity contribution in [2.75, 3.05) is 0 Å². The van der Waals surface area contributed by atoms with E-state index in [0.29, 0.717) is 0 Å². The Balaban J connectivity index is 1.77. The average Bonchev–Trinajstić information content (AvgIpc) is 3.12. The van der Waals surface area contributed by atoms with Crippen molar-refractivity contribution in [2.45, 2.75) is 19.3 Å². The molecule has 0 bridgehead atoms. The highest BCUT2D eigenvalue weighted by Crippen LogP contribution is 2.42. The molecule has 0 saturated heterocycles. The van der Waals surface area contributed by atoms with Crippen molar-refractivity contribution in [3.8, 4) is 5.69 Å². The van der Waals surface area contributed by atoms with Crippen LogP contribution in [-0.4, -0.2) is 15.5 Å². The predicted octanol–water partition coefficient (Wildman–Crippen LogP) is 4.94. The van der Waals surface area contributed by atoms with Gasteiger partial charge in [0.25, 0.3) is 0 Å². The molecule has 0 fully saturated rings. The van der Waals surface area contributed by atoms with Crippen LogP contribution in [0.2, 0.25) is 5.02 Å². The highest BCUT2D eigenvalue weighted by Gasteiger charge is 2.36. The molecule has 114 valence electrons. The first-order valence-corrected chi connectivity index (χ1v) is 7.93. The van der Waals surface area contributed by atoms with E-state index in [9.17, 15) is 0 Å². The summed E-state index contributed by atoms with van der Waals surface area (Å²) in [5.74, 6) is 0. The van der Waals surface area contributed by atoms with Crippen LogP contribution in [0, 0.1) is 0 Å². The molecule has 0 amide bonds. The van der Waals surface area contributed by atoms with E-state index < -0.39 is 0 Å². The van der Waals surface area contributed by atoms with E-state index in [0.717, 1.165) is 33.2 Å². The number of halogens is 1. The predicted molar refractivity (Wildman–Crippen MR) is 94.2 cm³/mol. The van der Waals surface area contributed by atoms with Gasteiger partial charge in [0.1, 0.15) is 0 Å². The van der Waals surface area contributed by atoms with Gasteiger partial charge < -0.3 is 0 Å². The van der Waals surface area contributed by atoms with Crippen molar-refractivity contribution in [1.29, 1.82) is 0 Å². The van der Waals surface area contributed by atoms with Crippen molar-refractivity contribution >= 4 is 23.0 Å². The molecule has 0 saturated carbocycles. The second kappa shape index (κ2) is 5.07. The largest absolute Gasteiger partial charge is 0.251 e. The van der Waals surface area contributed by atoms with Crippen LogP contribution in [0.25, 0.3) is 5.69 Å². The summed E-state index contributed by atoms with van der Waals surface area (Å²) in [4.78, 5) is 4.83. The number of aromatic nitrogens is 2. The van der Waals surface area contributed by atoms with Crippen LogP contribution in [0.15, 0.2) is 65.9 Å². The Hall–Kier alpha value is -2.39. The van der Waals surface area contributed by atoms with Gasteiger partial charge in [-0.15, -0.1) is 0 Å². The van der Waals surface area contributed by atoms with Gasteiger partial charge in [-0.2, -0.15) is 5.10 Å². The van der Waals surface area contributed by atoms with E-state index in [-0.39, 0.29) is 5.41 Å². The molecule has 0 unspecified atom stereocenters. The van der Waals surface area contributed by atoms with Crippen molar-refractivity contribution in [1.82, 2.24) is 9.78 Å². The monoisotopic (exact) mass is 321 g/mol. The maximum Gasteiger partial charge on any atom is 0.0676 e. The van der Waals surface area contributed by atoms with Gasteiger partial charge in [-0.3, -0.25) is 4.99 Å². The van der Waals surface area contributed by atoms with E-state index in [1.54, 1.807) is 0 Å². The lowest BCUT2D eigenvalue weighted by molar-refractivity contribution is 0.737. The van der Waals surface area contributed by atoms with E-state index in [4.69, 9.17) is 16.6 Å². The fourth-order valence-electron chi connectivity index (χ4n) is 3.09. The van der Waals surface area contributed by atoms with E-state index in [1.807, 2.05) is 65.6 Å². The molecular formula is C19H16ClN3. The molecule has 23 heavy (non-hydrogen) atoms. The molecule has 3 nitrogen and oxygen atoms in total. The standard InChI is InChI=1S/C19H16ClN3/c1-19(2)16-10-14(20)8-9-17(16)22-18(19)13-11-21-23(12-13)15-6-4-3-5-7-15/h3-12H,1-2H3. The Morgan fingerprint density at radius 1 is 1.04 bits per heavy atom. The third-order valence-electron chi connectivity index (χ3n) is 4.33. The van der Waals surface area contributed by atoms with Crippen LogP contribution in [0.3, 0.4) is 0 Å². The molecule has 4 heteroatoms. The van der Waals surface area contributed by atoms with Gasteiger partial charge in [0.2, 0.25) is 0 Å². The minimum atomic E-state index is -0.190. The third kappa shape index (κ3) is 2.28. The SMILES string of the molecule is CC1(C)C(c2cnn(-c3ccccc3)c2)=Nc2ccc(Cl)cc21. The second-order valence-corrected chi connectivity index (χ2v) is 6.69. The maximum absolute atomic E-state index is 6.16. The van der Waals surface area contributed by atoms with Crippen LogP contribution >= 0.6 is 11.6 Å². The normalized spacial score (nSPS) is 15.3. The maximum atomic E-state index is 6.16. The summed E-state index contributed by atoms with van der Waals surface area (Å²) in [5.41, 5.74) is 5.05. The Morgan fingerprint density at radius 2 is 1.83 bits per heavy atom. The lowest BCUT2D eigenvalue weighted by Crippen LogP contribution is -2.26. The van der Waals surface area contributed by atoms with Crippen molar-refractivity contribution in [3.63, 3.8) is 0 Å². The highest BCUT2D eigenvalue weighted by molar-refractivity contribution is 6.31. The minimum Gasteiger partial charge on any atom is -0.251 e. The number of aliphatic imine (C=N–C) groups is 1. The zero-order valence-corrected chi connectivity index (χ0v) is 13.7. The van der Waals surface area contributed by atoms with E-state index >= 15 is 0 Å². The number of rotatable bonds is 2. The lowest BCUT2D eigenvalue weighted by Gasteiger charge is -2.21. The van der Waals surface area contributed by atoms with Crippen molar-refractivity contribution in [2.24, 2.45) is 4.99 Å². The molecule has 1 aliphatic rings. The van der Waals surface area contributed by atoms with Crippen molar-refractivity contribution in [3.05, 3.63) is 77.1 Å². The van der Waals surface area contributed by atoms with Gasteiger partial charge in [-0.1, -0.05) is 43.6 Å². The third-order valence-corrected chi connectivity index (χ3v) is 4.57. The summed E-state index contributed by atoms with van der Waals surface area (Å²) in [6.07, 6.45) is 3.91. The summed E-state index contributed by atoms with van der Waals surface area (Å²) < 4.78 is 1.88. The molecule has 0 aliphatic carbocycles. The molecule has 1 aliphatic heterocycles. The fraction of sp³-hybridized carbons (Fsp3) is 0.158. The topological polar surface area (TPSA) is 30.2 Å². The average molecular weight is 322 g/mol. The molecular weight excluding hydrogens is 306 g/mol. The Bertz CT molecular complexity index is 907. The van der Waals surface area contributed by atoms with Gasteiger partial charge in [0.15, 0.2) is 0 Å². The van der Waals surface area contributed by atoms with E-state index in [1.165, 1.54) is 0 Å². The number of fused-ring (bicyclic) bond motifs is 1. The summed E-state index contributed by atoms with van der Waals surface area (Å²) in [7, 11) is 0. The first-order valence-electron chi connectivity index (χ1n) is 7.55. The zero-order chi connectivity index (χ0) is 16.0. The molecule has 4 rings (SSSR count). The van der Waals surface area contributed by atoms with Crippen LogP contribution < -0.4 is 0 Å². The van der Waals surface area contributed by atoms with Gasteiger partial charge >= 0.3 is 0 Å². The number of hydrogen-bond acceptors (Lipinski definition) is 2. The van der Waals surface area contributed by atoms with Gasteiger partial charge in [0.05, 0.1) is 23.3 Å². The smallest absolute Gasteiger partial charge is 0.0676 e. The summed E-state index contributed by atoms with van der Waals surface area (Å²) in [6.45, 7) is 4.35. The molecule has 3 aromatic rings. The van der Waals surface area contributed by atoms with Crippen LogP contribution in [-0.2, 0) is 5.41 Å². The zero-order valence-electron chi connectivity index (χ0n) is 13.0. The molecule has 0 N–H and O–H groups in total. The molecule has 0 atom stereocenters. The fourth-order valence-corrected chi connectivity index (χ4v) is 3.26. The Labute approximate surface area is 140 Å². The minimum absolute atomic E-state index is 0.190. The molecule has 1 aromatic heterocycles. The summed E-state index contributed by atoms with van der Waals surface area (Å²) >= 11 is 6.16. The number of para-hydroxylation sites is 1. The van der Waals surface area contributed by atoms with Crippen molar-refractivity contribution < 1.29 is 0 Å². The summed E-state index contributed by atoms with van der Waals surface area (Å²) in [6, 6.07) is 16.0. The first-order chi connectivity index (χ1) is 11.1.